The fraction of sp³-hybridized carbons (Fsp3) is 0.364. The van der Waals surface area contributed by atoms with Gasteiger partial charge < -0.3 is 15.5 Å². The summed E-state index contributed by atoms with van der Waals surface area (Å²) in [4.78, 5) is 19.3. The SMILES string of the molecule is NC(=O)C1=CC=c2[nH]c(-c3ccc(OCC4CCCCC4)cc3)nc2=CC1. The van der Waals surface area contributed by atoms with E-state index in [0.717, 1.165) is 34.4 Å². The van der Waals surface area contributed by atoms with E-state index in [0.29, 0.717) is 17.9 Å². The Hall–Kier alpha value is -2.82. The van der Waals surface area contributed by atoms with Crippen molar-refractivity contribution in [2.75, 3.05) is 6.61 Å². The van der Waals surface area contributed by atoms with Crippen LogP contribution in [-0.4, -0.2) is 22.5 Å². The van der Waals surface area contributed by atoms with Crippen LogP contribution < -0.4 is 21.2 Å². The Labute approximate surface area is 158 Å². The van der Waals surface area contributed by atoms with Crippen molar-refractivity contribution < 1.29 is 9.53 Å². The molecule has 1 amide bonds. The molecule has 0 atom stereocenters. The van der Waals surface area contributed by atoms with Crippen LogP contribution in [0.15, 0.2) is 35.9 Å². The van der Waals surface area contributed by atoms with Gasteiger partial charge in [-0.05, 0) is 55.5 Å². The number of hydrogen-bond donors (Lipinski definition) is 2. The molecule has 0 radical (unpaired) electrons. The van der Waals surface area contributed by atoms with Gasteiger partial charge in [-0.2, -0.15) is 0 Å². The van der Waals surface area contributed by atoms with Crippen molar-refractivity contribution >= 4 is 18.1 Å². The summed E-state index contributed by atoms with van der Waals surface area (Å²) >= 11 is 0. The molecule has 0 spiro atoms. The first kappa shape index (κ1) is 17.6. The fourth-order valence-electron chi connectivity index (χ4n) is 3.74. The van der Waals surface area contributed by atoms with Crippen LogP contribution in [-0.2, 0) is 4.79 Å². The van der Waals surface area contributed by atoms with Gasteiger partial charge in [-0.3, -0.25) is 4.79 Å². The predicted molar refractivity (Wildman–Crippen MR) is 106 cm³/mol. The van der Waals surface area contributed by atoms with Crippen molar-refractivity contribution in [2.24, 2.45) is 11.7 Å². The lowest BCUT2D eigenvalue weighted by Crippen LogP contribution is -2.23. The molecule has 0 aliphatic heterocycles. The van der Waals surface area contributed by atoms with Gasteiger partial charge in [-0.25, -0.2) is 4.98 Å². The lowest BCUT2D eigenvalue weighted by Gasteiger charge is -2.21. The van der Waals surface area contributed by atoms with Crippen molar-refractivity contribution in [2.45, 2.75) is 38.5 Å². The number of ether oxygens (including phenoxy) is 1. The number of amides is 1. The number of nitrogens with one attached hydrogen (secondary N) is 1. The second-order valence-electron chi connectivity index (χ2n) is 7.35. The maximum Gasteiger partial charge on any atom is 0.244 e. The topological polar surface area (TPSA) is 81.0 Å². The summed E-state index contributed by atoms with van der Waals surface area (Å²) in [7, 11) is 0. The molecule has 2 aliphatic rings. The van der Waals surface area contributed by atoms with E-state index in [9.17, 15) is 4.79 Å². The van der Waals surface area contributed by atoms with Gasteiger partial charge in [-0.1, -0.05) is 31.4 Å². The van der Waals surface area contributed by atoms with Crippen molar-refractivity contribution in [1.82, 2.24) is 9.97 Å². The minimum atomic E-state index is -0.392. The number of nitrogens with two attached hydrogens (primary N) is 1. The van der Waals surface area contributed by atoms with E-state index in [2.05, 4.69) is 9.97 Å². The number of benzene rings is 1. The summed E-state index contributed by atoms with van der Waals surface area (Å²) in [5, 5.41) is 1.73. The van der Waals surface area contributed by atoms with Gasteiger partial charge in [-0.15, -0.1) is 0 Å². The molecule has 4 rings (SSSR count). The van der Waals surface area contributed by atoms with E-state index in [1.165, 1.54) is 32.1 Å². The second kappa shape index (κ2) is 7.82. The average Bonchev–Trinajstić information content (AvgIpc) is 3.00. The molecule has 1 aromatic heterocycles. The third-order valence-electron chi connectivity index (χ3n) is 5.38. The van der Waals surface area contributed by atoms with Crippen LogP contribution in [0, 0.1) is 5.92 Å². The average molecular weight is 363 g/mol. The number of aromatic nitrogens is 2. The molecule has 3 N–H and O–H groups in total. The standard InChI is InChI=1S/C22H25N3O2/c23-21(26)16-8-12-19-20(13-9-16)25-22(24-19)17-6-10-18(11-7-17)27-14-15-4-2-1-3-5-15/h6-8,10-13,15H,1-5,9,14H2,(H2,23,26)(H,24,25). The number of aromatic amines is 1. The van der Waals surface area contributed by atoms with Gasteiger partial charge in [0, 0.05) is 11.1 Å². The van der Waals surface area contributed by atoms with Crippen LogP contribution in [0.5, 0.6) is 5.75 Å². The van der Waals surface area contributed by atoms with E-state index in [1.807, 2.05) is 36.4 Å². The smallest absolute Gasteiger partial charge is 0.244 e. The summed E-state index contributed by atoms with van der Waals surface area (Å²) in [5.74, 6) is 2.02. The molecule has 1 fully saturated rings. The molecule has 27 heavy (non-hydrogen) atoms. The van der Waals surface area contributed by atoms with Crippen LogP contribution in [0.3, 0.4) is 0 Å². The van der Waals surface area contributed by atoms with Gasteiger partial charge in [0.1, 0.15) is 11.6 Å². The number of nitrogens with zero attached hydrogens (tertiary/aromatic N) is 1. The van der Waals surface area contributed by atoms with Crippen LogP contribution in [0.1, 0.15) is 38.5 Å². The zero-order chi connectivity index (χ0) is 18.6. The van der Waals surface area contributed by atoms with E-state index in [-0.39, 0.29) is 0 Å². The first-order valence-corrected chi connectivity index (χ1v) is 9.69. The van der Waals surface area contributed by atoms with Crippen molar-refractivity contribution in [3.63, 3.8) is 0 Å². The monoisotopic (exact) mass is 363 g/mol. The molecule has 140 valence electrons. The Balaban J connectivity index is 1.47. The van der Waals surface area contributed by atoms with Crippen LogP contribution >= 0.6 is 0 Å². The molecule has 5 nitrogen and oxygen atoms in total. The van der Waals surface area contributed by atoms with E-state index in [1.54, 1.807) is 6.08 Å². The van der Waals surface area contributed by atoms with E-state index < -0.39 is 5.91 Å². The zero-order valence-electron chi connectivity index (χ0n) is 15.4. The van der Waals surface area contributed by atoms with Gasteiger partial charge >= 0.3 is 0 Å². The van der Waals surface area contributed by atoms with Crippen molar-refractivity contribution in [1.29, 1.82) is 0 Å². The molecule has 0 saturated heterocycles. The number of imidazole rings is 1. The maximum absolute atomic E-state index is 11.3. The highest BCUT2D eigenvalue weighted by molar-refractivity contribution is 5.94. The number of carbonyl (C=O) groups excluding carboxylic acids is 1. The van der Waals surface area contributed by atoms with Crippen LogP contribution in [0.4, 0.5) is 0 Å². The number of H-pyrrole nitrogens is 1. The van der Waals surface area contributed by atoms with Gasteiger partial charge in [0.2, 0.25) is 5.91 Å². The normalized spacial score (nSPS) is 17.1. The Morgan fingerprint density at radius 1 is 1.15 bits per heavy atom. The Morgan fingerprint density at radius 2 is 1.93 bits per heavy atom. The molecular weight excluding hydrogens is 338 g/mol. The maximum atomic E-state index is 11.3. The lowest BCUT2D eigenvalue weighted by atomic mass is 9.90. The molecule has 5 heteroatoms. The molecule has 2 aliphatic carbocycles. The molecule has 2 aromatic rings. The summed E-state index contributed by atoms with van der Waals surface area (Å²) in [6.07, 6.45) is 12.7. The first-order valence-electron chi connectivity index (χ1n) is 9.69. The summed E-state index contributed by atoms with van der Waals surface area (Å²) in [6, 6.07) is 8.06. The van der Waals surface area contributed by atoms with Gasteiger partial charge in [0.25, 0.3) is 0 Å². The molecule has 1 heterocycles. The van der Waals surface area contributed by atoms with Crippen LogP contribution in [0.2, 0.25) is 0 Å². The summed E-state index contributed by atoms with van der Waals surface area (Å²) in [6.45, 7) is 0.812. The molecule has 0 unspecified atom stereocenters. The number of carbonyl (C=O) groups is 1. The number of allylic oxidation sites excluding steroid dienone is 1. The Bertz CT molecular complexity index is 964. The third kappa shape index (κ3) is 4.13. The minimum Gasteiger partial charge on any atom is -0.493 e. The first-order chi connectivity index (χ1) is 13.2. The van der Waals surface area contributed by atoms with Crippen molar-refractivity contribution in [3.05, 3.63) is 46.6 Å². The van der Waals surface area contributed by atoms with Gasteiger partial charge in [0.15, 0.2) is 0 Å². The quantitative estimate of drug-likeness (QED) is 0.856. The van der Waals surface area contributed by atoms with E-state index >= 15 is 0 Å². The predicted octanol–water partition coefficient (Wildman–Crippen LogP) is 2.41. The molecule has 0 bridgehead atoms. The number of primary amides is 1. The second-order valence-corrected chi connectivity index (χ2v) is 7.35. The highest BCUT2D eigenvalue weighted by Crippen LogP contribution is 2.25. The molecular formula is C22H25N3O2. The fourth-order valence-corrected chi connectivity index (χ4v) is 3.74. The largest absolute Gasteiger partial charge is 0.493 e. The highest BCUT2D eigenvalue weighted by Gasteiger charge is 2.14. The number of rotatable bonds is 5. The Kier molecular flexibility index (Phi) is 5.10. The zero-order valence-corrected chi connectivity index (χ0v) is 15.4. The molecule has 1 saturated carbocycles. The minimum absolute atomic E-state index is 0.392. The van der Waals surface area contributed by atoms with E-state index in [4.69, 9.17) is 10.5 Å². The Morgan fingerprint density at radius 3 is 2.67 bits per heavy atom. The lowest BCUT2D eigenvalue weighted by molar-refractivity contribution is -0.114. The number of hydrogen-bond acceptors (Lipinski definition) is 3. The van der Waals surface area contributed by atoms with Crippen LogP contribution in [0.25, 0.3) is 23.5 Å². The summed E-state index contributed by atoms with van der Waals surface area (Å²) in [5.41, 5.74) is 6.95. The summed E-state index contributed by atoms with van der Waals surface area (Å²) < 4.78 is 5.97. The number of fused-ring (bicyclic) bond motifs is 1. The van der Waals surface area contributed by atoms with Crippen molar-refractivity contribution in [3.8, 4) is 17.1 Å². The van der Waals surface area contributed by atoms with Gasteiger partial charge in [0.05, 0.1) is 17.3 Å². The molecule has 1 aromatic carbocycles. The highest BCUT2D eigenvalue weighted by atomic mass is 16.5. The third-order valence-corrected chi connectivity index (χ3v) is 5.38.